The van der Waals surface area contributed by atoms with Crippen molar-refractivity contribution in [3.8, 4) is 84.4 Å². The fraction of sp³-hybridized carbons (Fsp3) is 0. The van der Waals surface area contributed by atoms with Crippen LogP contribution in [0.5, 0.6) is 0 Å². The van der Waals surface area contributed by atoms with E-state index in [-0.39, 0.29) is 0 Å². The molecule has 11 aromatic carbocycles. The molecule has 0 amide bonds. The van der Waals surface area contributed by atoms with Gasteiger partial charge in [-0.05, 0) is 105 Å². The van der Waals surface area contributed by atoms with Crippen LogP contribution < -0.4 is 0 Å². The van der Waals surface area contributed by atoms with Gasteiger partial charge in [-0.2, -0.15) is 0 Å². The van der Waals surface area contributed by atoms with Gasteiger partial charge in [-0.15, -0.1) is 0 Å². The van der Waals surface area contributed by atoms with Crippen LogP contribution in [0.2, 0.25) is 0 Å². The van der Waals surface area contributed by atoms with Crippen molar-refractivity contribution in [2.45, 2.75) is 0 Å². The molecule has 0 atom stereocenters. The molecule has 0 spiro atoms. The van der Waals surface area contributed by atoms with E-state index in [1.807, 2.05) is 54.6 Å². The summed E-state index contributed by atoms with van der Waals surface area (Å²) in [7, 11) is 0. The maximum atomic E-state index is 6.87. The molecule has 6 heteroatoms. The highest BCUT2D eigenvalue weighted by Gasteiger charge is 2.22. The van der Waals surface area contributed by atoms with Crippen LogP contribution in [0.1, 0.15) is 0 Å². The lowest BCUT2D eigenvalue weighted by Crippen LogP contribution is -2.00. The van der Waals surface area contributed by atoms with Crippen molar-refractivity contribution in [3.05, 3.63) is 255 Å². The molecule has 75 heavy (non-hydrogen) atoms. The van der Waals surface area contributed by atoms with Gasteiger partial charge >= 0.3 is 0 Å². The fourth-order valence-electron chi connectivity index (χ4n) is 11.1. The number of para-hydroxylation sites is 3. The molecule has 0 bridgehead atoms. The molecule has 15 aromatic rings. The normalized spacial score (nSPS) is 11.7. The largest absolute Gasteiger partial charge is 0.456 e. The van der Waals surface area contributed by atoms with Gasteiger partial charge in [0.1, 0.15) is 16.7 Å². The molecule has 0 aliphatic carbocycles. The van der Waals surface area contributed by atoms with Crippen LogP contribution >= 0.6 is 0 Å². The van der Waals surface area contributed by atoms with Gasteiger partial charge in [-0.3, -0.25) is 0 Å². The Hall–Kier alpha value is -10.2. The smallest absolute Gasteiger partial charge is 0.164 e. The molecule has 0 N–H and O–H groups in total. The van der Waals surface area contributed by atoms with E-state index < -0.39 is 0 Å². The zero-order valence-corrected chi connectivity index (χ0v) is 40.4. The summed E-state index contributed by atoms with van der Waals surface area (Å²) in [5.41, 5.74) is 17.9. The van der Waals surface area contributed by atoms with E-state index in [9.17, 15) is 0 Å². The first-order valence-electron chi connectivity index (χ1n) is 25.2. The summed E-state index contributed by atoms with van der Waals surface area (Å²) < 4.78 is 16.0. The highest BCUT2D eigenvalue weighted by atomic mass is 16.3. The standard InChI is InChI=1S/C69H42N4O2/c1-4-17-43(18-5-1)45-31-33-47(34-32-45)68-70-67(46-21-8-3-9-22-46)71-69(72-68)52-40-56(65-55-27-12-15-30-63(55)74-64(65)42-52)50-24-16-23-48(37-50)51-39-58-54-26-11-14-29-62(54)75-66(58)61(41-51)73-59-28-13-10-25-53(59)57-38-49(35-36-60(57)73)44-19-6-2-7-20-44/h1-42H. The third-order valence-electron chi connectivity index (χ3n) is 14.6. The van der Waals surface area contributed by atoms with Crippen LogP contribution in [0.3, 0.4) is 0 Å². The average molecular weight is 959 g/mol. The number of hydrogen-bond donors (Lipinski definition) is 0. The highest BCUT2D eigenvalue weighted by molar-refractivity contribution is 6.16. The minimum Gasteiger partial charge on any atom is -0.456 e. The SMILES string of the molecule is c1ccc(-c2ccc(-c3nc(-c4ccccc4)nc(-c4cc(-c5cccc(-c6cc(-n7c8ccccc8c8cc(-c9ccccc9)ccc87)c7oc8ccccc8c7c6)c5)c5c(c4)oc4ccccc45)n3)cc2)cc1. The van der Waals surface area contributed by atoms with Crippen molar-refractivity contribution in [3.63, 3.8) is 0 Å². The molecule has 15 rings (SSSR count). The fourth-order valence-corrected chi connectivity index (χ4v) is 11.1. The number of rotatable bonds is 8. The number of aromatic nitrogens is 4. The van der Waals surface area contributed by atoms with Gasteiger partial charge in [0.05, 0.1) is 16.7 Å². The molecule has 0 saturated carbocycles. The van der Waals surface area contributed by atoms with Gasteiger partial charge in [0.25, 0.3) is 0 Å². The van der Waals surface area contributed by atoms with Crippen LogP contribution in [0, 0.1) is 0 Å². The Bertz CT molecular complexity index is 4690. The topological polar surface area (TPSA) is 69.9 Å². The van der Waals surface area contributed by atoms with Crippen LogP contribution in [-0.4, -0.2) is 19.5 Å². The molecule has 4 heterocycles. The lowest BCUT2D eigenvalue weighted by Gasteiger charge is -2.14. The van der Waals surface area contributed by atoms with E-state index in [2.05, 4.69) is 205 Å². The molecule has 350 valence electrons. The Labute approximate surface area is 431 Å². The number of nitrogens with zero attached hydrogens (tertiary/aromatic N) is 4. The highest BCUT2D eigenvalue weighted by Crippen LogP contribution is 2.44. The third kappa shape index (κ3) is 7.22. The Morgan fingerprint density at radius 1 is 0.267 bits per heavy atom. The van der Waals surface area contributed by atoms with E-state index >= 15 is 0 Å². The summed E-state index contributed by atoms with van der Waals surface area (Å²) in [5.74, 6) is 1.73. The zero-order valence-electron chi connectivity index (χ0n) is 40.4. The van der Waals surface area contributed by atoms with Gasteiger partial charge in [-0.1, -0.05) is 194 Å². The summed E-state index contributed by atoms with van der Waals surface area (Å²) >= 11 is 0. The molecule has 4 aromatic heterocycles. The first kappa shape index (κ1) is 42.5. The number of benzene rings is 11. The Balaban J connectivity index is 0.920. The second-order valence-electron chi connectivity index (χ2n) is 19.1. The van der Waals surface area contributed by atoms with Gasteiger partial charge in [0.2, 0.25) is 0 Å². The van der Waals surface area contributed by atoms with Crippen molar-refractivity contribution < 1.29 is 8.83 Å². The number of furan rings is 2. The van der Waals surface area contributed by atoms with Crippen LogP contribution in [0.15, 0.2) is 264 Å². The second kappa shape index (κ2) is 17.3. The van der Waals surface area contributed by atoms with Crippen molar-refractivity contribution in [1.29, 1.82) is 0 Å². The lowest BCUT2D eigenvalue weighted by molar-refractivity contribution is 0.666. The van der Waals surface area contributed by atoms with Gasteiger partial charge in [0.15, 0.2) is 23.1 Å². The predicted molar refractivity (Wildman–Crippen MR) is 307 cm³/mol. The summed E-state index contributed by atoms with van der Waals surface area (Å²) in [6.07, 6.45) is 0. The second-order valence-corrected chi connectivity index (χ2v) is 19.1. The minimum atomic E-state index is 0.551. The van der Waals surface area contributed by atoms with Crippen molar-refractivity contribution >= 4 is 65.7 Å². The van der Waals surface area contributed by atoms with E-state index in [4.69, 9.17) is 23.8 Å². The lowest BCUT2D eigenvalue weighted by atomic mass is 9.93. The Morgan fingerprint density at radius 2 is 0.760 bits per heavy atom. The van der Waals surface area contributed by atoms with Crippen molar-refractivity contribution in [2.75, 3.05) is 0 Å². The van der Waals surface area contributed by atoms with Gasteiger partial charge < -0.3 is 13.4 Å². The van der Waals surface area contributed by atoms with E-state index in [1.54, 1.807) is 0 Å². The Kier molecular flexibility index (Phi) is 9.78. The van der Waals surface area contributed by atoms with E-state index in [1.165, 1.54) is 21.9 Å². The van der Waals surface area contributed by atoms with Gasteiger partial charge in [0, 0.05) is 49.0 Å². The molecule has 0 fully saturated rings. The zero-order chi connectivity index (χ0) is 49.4. The average Bonchev–Trinajstić information content (AvgIpc) is 4.17. The van der Waals surface area contributed by atoms with E-state index in [0.29, 0.717) is 17.5 Å². The van der Waals surface area contributed by atoms with E-state index in [0.717, 1.165) is 111 Å². The first-order chi connectivity index (χ1) is 37.1. The molecular weight excluding hydrogens is 917 g/mol. The molecule has 0 radical (unpaired) electrons. The van der Waals surface area contributed by atoms with Crippen LogP contribution in [0.25, 0.3) is 150 Å². The predicted octanol–water partition coefficient (Wildman–Crippen LogP) is 18.4. The molecule has 0 aliphatic heterocycles. The molecule has 0 aliphatic rings. The molecule has 0 saturated heterocycles. The van der Waals surface area contributed by atoms with Crippen LogP contribution in [-0.2, 0) is 0 Å². The van der Waals surface area contributed by atoms with Crippen molar-refractivity contribution in [2.24, 2.45) is 0 Å². The van der Waals surface area contributed by atoms with Crippen LogP contribution in [0.4, 0.5) is 0 Å². The van der Waals surface area contributed by atoms with Gasteiger partial charge in [-0.25, -0.2) is 15.0 Å². The third-order valence-corrected chi connectivity index (χ3v) is 14.6. The number of hydrogen-bond acceptors (Lipinski definition) is 5. The maximum absolute atomic E-state index is 6.87. The first-order valence-corrected chi connectivity index (χ1v) is 25.2. The summed E-state index contributed by atoms with van der Waals surface area (Å²) in [6.45, 7) is 0. The summed E-state index contributed by atoms with van der Waals surface area (Å²) in [4.78, 5) is 15.5. The maximum Gasteiger partial charge on any atom is 0.164 e. The summed E-state index contributed by atoms with van der Waals surface area (Å²) in [6, 6.07) is 89.4. The monoisotopic (exact) mass is 958 g/mol. The summed E-state index contributed by atoms with van der Waals surface area (Å²) in [5, 5.41) is 6.54. The molecule has 6 nitrogen and oxygen atoms in total. The van der Waals surface area contributed by atoms with Crippen molar-refractivity contribution in [1.82, 2.24) is 19.5 Å². The molecule has 0 unspecified atom stereocenters. The molecular formula is C69H42N4O2. The quantitative estimate of drug-likeness (QED) is 0.152. The number of fused-ring (bicyclic) bond motifs is 9. The minimum absolute atomic E-state index is 0.551. The Morgan fingerprint density at radius 3 is 1.49 bits per heavy atom.